The average molecular weight is 400 g/mol. The molecule has 0 saturated carbocycles. The minimum Gasteiger partial charge on any atom is -0.489 e. The van der Waals surface area contributed by atoms with Gasteiger partial charge in [-0.05, 0) is 31.2 Å². The van der Waals surface area contributed by atoms with Crippen molar-refractivity contribution in [2.24, 2.45) is 4.99 Å². The summed E-state index contributed by atoms with van der Waals surface area (Å²) in [6.45, 7) is 3.62. The highest BCUT2D eigenvalue weighted by Gasteiger charge is 2.09. The molecule has 142 valence electrons. The Hall–Kier alpha value is -1.89. The molecule has 0 bridgehead atoms. The zero-order chi connectivity index (χ0) is 18.8. The fourth-order valence-corrected chi connectivity index (χ4v) is 2.48. The quantitative estimate of drug-likeness (QED) is 0.445. The molecule has 6 nitrogen and oxygen atoms in total. The van der Waals surface area contributed by atoms with Crippen molar-refractivity contribution in [1.82, 2.24) is 10.6 Å². The second-order valence-electron chi connectivity index (χ2n) is 5.49. The molecule has 1 heterocycles. The van der Waals surface area contributed by atoms with Crippen molar-refractivity contribution in [2.75, 3.05) is 26.2 Å². The number of ether oxygens (including phenoxy) is 1. The summed E-state index contributed by atoms with van der Waals surface area (Å²) in [6, 6.07) is 8.89. The number of nitrogens with one attached hydrogen (secondary N) is 2. The maximum atomic E-state index is 10.1. The Labute approximate surface area is 163 Å². The number of nitrogens with zero attached hydrogens (tertiary/aromatic N) is 1. The van der Waals surface area contributed by atoms with Gasteiger partial charge in [-0.1, -0.05) is 29.3 Å². The maximum absolute atomic E-state index is 10.1. The molecule has 0 spiro atoms. The largest absolute Gasteiger partial charge is 0.489 e. The van der Waals surface area contributed by atoms with E-state index < -0.39 is 6.10 Å². The summed E-state index contributed by atoms with van der Waals surface area (Å²) in [5.41, 5.74) is 0. The van der Waals surface area contributed by atoms with Gasteiger partial charge in [-0.2, -0.15) is 0 Å². The maximum Gasteiger partial charge on any atom is 0.191 e. The second kappa shape index (κ2) is 11.0. The number of aliphatic hydroxyl groups is 1. The molecule has 1 aromatic carbocycles. The second-order valence-corrected chi connectivity index (χ2v) is 6.28. The molecular weight excluding hydrogens is 377 g/mol. The molecule has 0 saturated heterocycles. The number of furan rings is 1. The molecule has 8 heteroatoms. The number of hydrogen-bond donors (Lipinski definition) is 3. The van der Waals surface area contributed by atoms with E-state index >= 15 is 0 Å². The molecule has 1 unspecified atom stereocenters. The average Bonchev–Trinajstić information content (AvgIpc) is 3.14. The molecule has 0 aliphatic heterocycles. The van der Waals surface area contributed by atoms with Gasteiger partial charge in [-0.3, -0.25) is 4.99 Å². The van der Waals surface area contributed by atoms with Gasteiger partial charge in [0.2, 0.25) is 0 Å². The van der Waals surface area contributed by atoms with Crippen molar-refractivity contribution in [3.8, 4) is 5.75 Å². The Balaban J connectivity index is 1.78. The van der Waals surface area contributed by atoms with Gasteiger partial charge in [-0.15, -0.1) is 0 Å². The van der Waals surface area contributed by atoms with E-state index in [1.807, 2.05) is 19.1 Å². The molecule has 0 radical (unpaired) electrons. The molecule has 2 rings (SSSR count). The molecule has 0 aliphatic rings. The van der Waals surface area contributed by atoms with E-state index in [0.29, 0.717) is 28.3 Å². The van der Waals surface area contributed by atoms with Gasteiger partial charge in [0, 0.05) is 19.5 Å². The SMILES string of the molecule is CCNC(=NCC(O)COc1cccc(Cl)c1Cl)NCCc1ccco1. The van der Waals surface area contributed by atoms with Crippen LogP contribution in [-0.2, 0) is 6.42 Å². The number of halogens is 2. The van der Waals surface area contributed by atoms with Crippen LogP contribution in [0.3, 0.4) is 0 Å². The smallest absolute Gasteiger partial charge is 0.191 e. The van der Waals surface area contributed by atoms with Crippen molar-refractivity contribution in [2.45, 2.75) is 19.4 Å². The summed E-state index contributed by atoms with van der Waals surface area (Å²) in [5.74, 6) is 1.96. The molecular formula is C18H23Cl2N3O3. The first kappa shape index (κ1) is 20.4. The van der Waals surface area contributed by atoms with Crippen molar-refractivity contribution in [1.29, 1.82) is 0 Å². The van der Waals surface area contributed by atoms with Gasteiger partial charge in [0.25, 0.3) is 0 Å². The van der Waals surface area contributed by atoms with Crippen LogP contribution in [-0.4, -0.2) is 43.4 Å². The number of guanidine groups is 1. The van der Waals surface area contributed by atoms with Crippen LogP contribution in [0.25, 0.3) is 0 Å². The Kier molecular flexibility index (Phi) is 8.61. The van der Waals surface area contributed by atoms with Crippen LogP contribution in [0.1, 0.15) is 12.7 Å². The fraction of sp³-hybridized carbons (Fsp3) is 0.389. The predicted molar refractivity (Wildman–Crippen MR) is 104 cm³/mol. The van der Waals surface area contributed by atoms with Crippen LogP contribution in [0.4, 0.5) is 0 Å². The Morgan fingerprint density at radius 1 is 1.27 bits per heavy atom. The van der Waals surface area contributed by atoms with Gasteiger partial charge >= 0.3 is 0 Å². The van der Waals surface area contributed by atoms with Crippen LogP contribution in [0.2, 0.25) is 10.0 Å². The number of hydrogen-bond acceptors (Lipinski definition) is 4. The standard InChI is InChI=1S/C18H23Cl2N3O3/c1-2-21-18(22-9-8-14-5-4-10-25-14)23-11-13(24)12-26-16-7-3-6-15(19)17(16)20/h3-7,10,13,24H,2,8-9,11-12H2,1H3,(H2,21,22,23). The summed E-state index contributed by atoms with van der Waals surface area (Å²) < 4.78 is 10.8. The van der Waals surface area contributed by atoms with Gasteiger partial charge in [0.15, 0.2) is 5.96 Å². The number of aliphatic imine (C=N–C) groups is 1. The van der Waals surface area contributed by atoms with Crippen molar-refractivity contribution < 1.29 is 14.3 Å². The van der Waals surface area contributed by atoms with Crippen LogP contribution >= 0.6 is 23.2 Å². The summed E-state index contributed by atoms with van der Waals surface area (Å²) >= 11 is 12.0. The highest BCUT2D eigenvalue weighted by molar-refractivity contribution is 6.42. The van der Waals surface area contributed by atoms with Crippen molar-refractivity contribution in [3.63, 3.8) is 0 Å². The van der Waals surface area contributed by atoms with E-state index in [1.165, 1.54) is 0 Å². The minimum atomic E-state index is -0.773. The highest BCUT2D eigenvalue weighted by Crippen LogP contribution is 2.31. The van der Waals surface area contributed by atoms with E-state index in [0.717, 1.165) is 18.7 Å². The lowest BCUT2D eigenvalue weighted by Crippen LogP contribution is -2.39. The molecule has 0 amide bonds. The Morgan fingerprint density at radius 2 is 2.12 bits per heavy atom. The third kappa shape index (κ3) is 6.78. The number of rotatable bonds is 9. The van der Waals surface area contributed by atoms with Gasteiger partial charge in [0.1, 0.15) is 29.2 Å². The fourth-order valence-electron chi connectivity index (χ4n) is 2.13. The Morgan fingerprint density at radius 3 is 2.85 bits per heavy atom. The third-order valence-corrected chi connectivity index (χ3v) is 4.20. The van der Waals surface area contributed by atoms with E-state index in [-0.39, 0.29) is 13.2 Å². The number of benzene rings is 1. The first-order chi connectivity index (χ1) is 12.6. The van der Waals surface area contributed by atoms with E-state index in [1.54, 1.807) is 24.5 Å². The molecule has 3 N–H and O–H groups in total. The Bertz CT molecular complexity index is 693. The zero-order valence-corrected chi connectivity index (χ0v) is 16.1. The summed E-state index contributed by atoms with van der Waals surface area (Å²) in [5, 5.41) is 17.1. The van der Waals surface area contributed by atoms with E-state index in [2.05, 4.69) is 15.6 Å². The topological polar surface area (TPSA) is 79.0 Å². The van der Waals surface area contributed by atoms with Crippen LogP contribution in [0, 0.1) is 0 Å². The predicted octanol–water partition coefficient (Wildman–Crippen LogP) is 3.12. The monoisotopic (exact) mass is 399 g/mol. The summed E-state index contributed by atoms with van der Waals surface area (Å²) in [7, 11) is 0. The third-order valence-electron chi connectivity index (χ3n) is 3.40. The lowest BCUT2D eigenvalue weighted by molar-refractivity contribution is 0.114. The van der Waals surface area contributed by atoms with Gasteiger partial charge in [-0.25, -0.2) is 0 Å². The molecule has 1 atom stereocenters. The lowest BCUT2D eigenvalue weighted by Gasteiger charge is -2.14. The van der Waals surface area contributed by atoms with E-state index in [9.17, 15) is 5.11 Å². The van der Waals surface area contributed by atoms with Crippen LogP contribution in [0.15, 0.2) is 46.0 Å². The molecule has 1 aromatic heterocycles. The van der Waals surface area contributed by atoms with Gasteiger partial charge in [0.05, 0.1) is 17.8 Å². The first-order valence-electron chi connectivity index (χ1n) is 8.39. The van der Waals surface area contributed by atoms with Gasteiger partial charge < -0.3 is 24.9 Å². The summed E-state index contributed by atoms with van der Waals surface area (Å²) in [6.07, 6.45) is 1.62. The van der Waals surface area contributed by atoms with Crippen LogP contribution in [0.5, 0.6) is 5.75 Å². The summed E-state index contributed by atoms with van der Waals surface area (Å²) in [4.78, 5) is 4.36. The zero-order valence-electron chi connectivity index (χ0n) is 14.5. The minimum absolute atomic E-state index is 0.0648. The lowest BCUT2D eigenvalue weighted by atomic mass is 10.3. The highest BCUT2D eigenvalue weighted by atomic mass is 35.5. The molecule has 2 aromatic rings. The number of aliphatic hydroxyl groups excluding tert-OH is 1. The van der Waals surface area contributed by atoms with E-state index in [4.69, 9.17) is 32.4 Å². The molecule has 0 fully saturated rings. The van der Waals surface area contributed by atoms with Crippen molar-refractivity contribution in [3.05, 3.63) is 52.4 Å². The normalized spacial score (nSPS) is 12.7. The van der Waals surface area contributed by atoms with Crippen LogP contribution < -0.4 is 15.4 Å². The molecule has 0 aliphatic carbocycles. The van der Waals surface area contributed by atoms with Crippen molar-refractivity contribution >= 4 is 29.2 Å². The first-order valence-corrected chi connectivity index (χ1v) is 9.15. The molecule has 26 heavy (non-hydrogen) atoms.